The van der Waals surface area contributed by atoms with Gasteiger partial charge in [0.25, 0.3) is 10.2 Å². The van der Waals surface area contributed by atoms with Crippen molar-refractivity contribution in [1.82, 2.24) is 8.61 Å². The maximum atomic E-state index is 12.7. The van der Waals surface area contributed by atoms with Crippen LogP contribution in [0.5, 0.6) is 0 Å². The highest BCUT2D eigenvalue weighted by molar-refractivity contribution is 7.86. The van der Waals surface area contributed by atoms with E-state index in [0.29, 0.717) is 25.3 Å². The molecule has 0 radical (unpaired) electrons. The lowest BCUT2D eigenvalue weighted by Crippen LogP contribution is -2.51. The molecule has 0 aromatic heterocycles. The fourth-order valence-corrected chi connectivity index (χ4v) is 5.01. The highest BCUT2D eigenvalue weighted by Gasteiger charge is 2.37. The molecule has 1 saturated heterocycles. The van der Waals surface area contributed by atoms with Crippen molar-refractivity contribution in [3.63, 3.8) is 0 Å². The third-order valence-corrected chi connectivity index (χ3v) is 6.93. The minimum Gasteiger partial charge on any atom is -0.481 e. The van der Waals surface area contributed by atoms with Gasteiger partial charge in [-0.2, -0.15) is 17.0 Å². The lowest BCUT2D eigenvalue weighted by Gasteiger charge is -2.38. The number of carboxylic acids is 1. The van der Waals surface area contributed by atoms with Crippen LogP contribution in [-0.4, -0.2) is 54.3 Å². The Morgan fingerprint density at radius 3 is 2.38 bits per heavy atom. The summed E-state index contributed by atoms with van der Waals surface area (Å²) in [6.07, 6.45) is 5.09. The molecule has 1 aliphatic carbocycles. The highest BCUT2D eigenvalue weighted by atomic mass is 32.2. The van der Waals surface area contributed by atoms with Gasteiger partial charge in [0.05, 0.1) is 5.92 Å². The van der Waals surface area contributed by atoms with Gasteiger partial charge in [-0.3, -0.25) is 4.79 Å². The minimum atomic E-state index is -3.54. The van der Waals surface area contributed by atoms with E-state index in [1.165, 1.54) is 8.61 Å². The van der Waals surface area contributed by atoms with E-state index in [4.69, 9.17) is 5.11 Å². The number of carboxylic acid groups (broad SMARTS) is 1. The Hall–Kier alpha value is -0.660. The first-order valence-electron chi connectivity index (χ1n) is 7.78. The molecule has 21 heavy (non-hydrogen) atoms. The molecule has 1 unspecified atom stereocenters. The van der Waals surface area contributed by atoms with Gasteiger partial charge in [0.2, 0.25) is 0 Å². The molecule has 1 saturated carbocycles. The molecular weight excluding hydrogens is 292 g/mol. The first kappa shape index (κ1) is 16.7. The number of hydrogen-bond acceptors (Lipinski definition) is 3. The van der Waals surface area contributed by atoms with Gasteiger partial charge >= 0.3 is 5.97 Å². The Bertz CT molecular complexity index is 471. The van der Waals surface area contributed by atoms with Gasteiger partial charge in [-0.05, 0) is 44.4 Å². The largest absolute Gasteiger partial charge is 0.481 e. The Morgan fingerprint density at radius 1 is 1.19 bits per heavy atom. The summed E-state index contributed by atoms with van der Waals surface area (Å²) in [4.78, 5) is 11.1. The zero-order chi connectivity index (χ0) is 15.6. The Morgan fingerprint density at radius 2 is 1.81 bits per heavy atom. The van der Waals surface area contributed by atoms with Crippen LogP contribution < -0.4 is 0 Å². The third-order valence-electron chi connectivity index (χ3n) is 4.92. The van der Waals surface area contributed by atoms with Crippen LogP contribution in [0.4, 0.5) is 0 Å². The average molecular weight is 318 g/mol. The Kier molecular flexibility index (Phi) is 5.27. The van der Waals surface area contributed by atoms with Crippen molar-refractivity contribution < 1.29 is 18.3 Å². The predicted octanol–water partition coefficient (Wildman–Crippen LogP) is 1.54. The summed E-state index contributed by atoms with van der Waals surface area (Å²) >= 11 is 0. The van der Waals surface area contributed by atoms with Crippen LogP contribution >= 0.6 is 0 Å². The molecule has 122 valence electrons. The van der Waals surface area contributed by atoms with E-state index < -0.39 is 22.1 Å². The van der Waals surface area contributed by atoms with Gasteiger partial charge in [-0.1, -0.05) is 6.92 Å². The smallest absolute Gasteiger partial charge is 0.307 e. The number of carbonyl (C=O) groups is 1. The van der Waals surface area contributed by atoms with Crippen LogP contribution in [0.25, 0.3) is 0 Å². The lowest BCUT2D eigenvalue weighted by atomic mass is 9.87. The van der Waals surface area contributed by atoms with Crippen LogP contribution in [0.15, 0.2) is 0 Å². The van der Waals surface area contributed by atoms with Crippen LogP contribution in [0.3, 0.4) is 0 Å². The molecule has 2 aliphatic rings. The van der Waals surface area contributed by atoms with Crippen molar-refractivity contribution in [2.45, 2.75) is 51.5 Å². The Labute approximate surface area is 127 Å². The van der Waals surface area contributed by atoms with Crippen molar-refractivity contribution in [3.8, 4) is 0 Å². The normalized spacial score (nSPS) is 32.2. The molecule has 0 spiro atoms. The van der Waals surface area contributed by atoms with E-state index in [0.717, 1.165) is 25.7 Å². The molecule has 2 fully saturated rings. The Balaban J connectivity index is 2.04. The molecular formula is C14H26N2O4S. The molecule has 2 rings (SSSR count). The number of piperidine rings is 1. The van der Waals surface area contributed by atoms with Crippen LogP contribution in [0, 0.1) is 11.8 Å². The van der Waals surface area contributed by atoms with Crippen molar-refractivity contribution in [2.75, 3.05) is 20.1 Å². The van der Waals surface area contributed by atoms with Crippen LogP contribution in [0.1, 0.15) is 45.4 Å². The second kappa shape index (κ2) is 6.62. The van der Waals surface area contributed by atoms with E-state index in [9.17, 15) is 13.2 Å². The SMILES string of the molecule is CC1CCC(N(C)S(=O)(=O)N2CCCC(C(=O)O)C2)CC1. The molecule has 6 nitrogen and oxygen atoms in total. The zero-order valence-corrected chi connectivity index (χ0v) is 13.7. The van der Waals surface area contributed by atoms with E-state index in [1.54, 1.807) is 7.05 Å². The summed E-state index contributed by atoms with van der Waals surface area (Å²) in [5, 5.41) is 9.10. The van der Waals surface area contributed by atoms with Crippen molar-refractivity contribution >= 4 is 16.2 Å². The van der Waals surface area contributed by atoms with E-state index >= 15 is 0 Å². The maximum absolute atomic E-state index is 12.7. The first-order chi connectivity index (χ1) is 9.82. The minimum absolute atomic E-state index is 0.0522. The van der Waals surface area contributed by atoms with Gasteiger partial charge in [0.15, 0.2) is 0 Å². The molecule has 0 amide bonds. The molecule has 0 aromatic carbocycles. The number of aliphatic carboxylic acids is 1. The first-order valence-corrected chi connectivity index (χ1v) is 9.18. The molecule has 1 N–H and O–H groups in total. The summed E-state index contributed by atoms with van der Waals surface area (Å²) in [7, 11) is -1.90. The quantitative estimate of drug-likeness (QED) is 0.853. The van der Waals surface area contributed by atoms with E-state index in [2.05, 4.69) is 6.92 Å². The monoisotopic (exact) mass is 318 g/mol. The number of rotatable bonds is 4. The fourth-order valence-electron chi connectivity index (χ4n) is 3.33. The van der Waals surface area contributed by atoms with Crippen molar-refractivity contribution in [1.29, 1.82) is 0 Å². The zero-order valence-electron chi connectivity index (χ0n) is 12.9. The second-order valence-electron chi connectivity index (χ2n) is 6.47. The van der Waals surface area contributed by atoms with E-state index in [-0.39, 0.29) is 12.6 Å². The standard InChI is InChI=1S/C14H26N2O4S/c1-11-5-7-13(8-6-11)15(2)21(19,20)16-9-3-4-12(10-16)14(17)18/h11-13H,3-10H2,1-2H3,(H,17,18). The van der Waals surface area contributed by atoms with Gasteiger partial charge in [0.1, 0.15) is 0 Å². The highest BCUT2D eigenvalue weighted by Crippen LogP contribution is 2.29. The fraction of sp³-hybridized carbons (Fsp3) is 0.929. The molecule has 1 aliphatic heterocycles. The summed E-state index contributed by atoms with van der Waals surface area (Å²) < 4.78 is 28.2. The average Bonchev–Trinajstić information content (AvgIpc) is 2.47. The number of hydrogen-bond donors (Lipinski definition) is 1. The summed E-state index contributed by atoms with van der Waals surface area (Å²) in [5.74, 6) is -0.805. The molecule has 1 atom stereocenters. The molecule has 0 aromatic rings. The maximum Gasteiger partial charge on any atom is 0.307 e. The summed E-state index contributed by atoms with van der Waals surface area (Å²) in [6.45, 7) is 2.73. The predicted molar refractivity (Wildman–Crippen MR) is 80.0 cm³/mol. The van der Waals surface area contributed by atoms with Gasteiger partial charge in [0, 0.05) is 26.2 Å². The topological polar surface area (TPSA) is 77.9 Å². The molecule has 7 heteroatoms. The van der Waals surface area contributed by atoms with E-state index in [1.807, 2.05) is 0 Å². The molecule has 0 bridgehead atoms. The van der Waals surface area contributed by atoms with Gasteiger partial charge < -0.3 is 5.11 Å². The summed E-state index contributed by atoms with van der Waals surface area (Å²) in [6, 6.07) is 0.0522. The molecule has 1 heterocycles. The third kappa shape index (κ3) is 3.76. The number of nitrogens with zero attached hydrogens (tertiary/aromatic N) is 2. The van der Waals surface area contributed by atoms with Gasteiger partial charge in [-0.25, -0.2) is 0 Å². The van der Waals surface area contributed by atoms with Gasteiger partial charge in [-0.15, -0.1) is 0 Å². The van der Waals surface area contributed by atoms with Crippen LogP contribution in [-0.2, 0) is 15.0 Å². The van der Waals surface area contributed by atoms with Crippen molar-refractivity contribution in [2.24, 2.45) is 11.8 Å². The van der Waals surface area contributed by atoms with Crippen LogP contribution in [0.2, 0.25) is 0 Å². The lowest BCUT2D eigenvalue weighted by molar-refractivity contribution is -0.142. The summed E-state index contributed by atoms with van der Waals surface area (Å²) in [5.41, 5.74) is 0. The second-order valence-corrected chi connectivity index (χ2v) is 8.46. The van der Waals surface area contributed by atoms with Crippen molar-refractivity contribution in [3.05, 3.63) is 0 Å².